The Balaban J connectivity index is 1.64. The quantitative estimate of drug-likeness (QED) is 0.861. The minimum atomic E-state index is 0.0506. The fourth-order valence-electron chi connectivity index (χ4n) is 2.33. The Kier molecular flexibility index (Phi) is 4.32. The van der Waals surface area contributed by atoms with E-state index in [-0.39, 0.29) is 6.10 Å². The van der Waals surface area contributed by atoms with Gasteiger partial charge >= 0.3 is 0 Å². The van der Waals surface area contributed by atoms with Gasteiger partial charge in [0.15, 0.2) is 11.5 Å². The molecule has 1 unspecified atom stereocenters. The molecular formula is C15H12Cl2N4O. The monoisotopic (exact) mass is 334 g/mol. The molecule has 1 aliphatic heterocycles. The predicted octanol–water partition coefficient (Wildman–Crippen LogP) is 3.31. The van der Waals surface area contributed by atoms with Crippen LogP contribution < -0.4 is 9.64 Å². The van der Waals surface area contributed by atoms with E-state index in [1.807, 2.05) is 6.07 Å². The zero-order chi connectivity index (χ0) is 15.5. The molecule has 0 aliphatic carbocycles. The standard InChI is InChI=1S/C15H12Cl2N4O/c16-13-3-2-11(7-14(13)17)22-12-5-6-21(9-12)15-4-1-10(8-18)19-20-15/h1-4,7,12H,5-6,9H2. The molecule has 2 heterocycles. The van der Waals surface area contributed by atoms with E-state index in [9.17, 15) is 0 Å². The molecule has 0 spiro atoms. The van der Waals surface area contributed by atoms with Gasteiger partial charge in [0, 0.05) is 19.0 Å². The summed E-state index contributed by atoms with van der Waals surface area (Å²) in [7, 11) is 0. The second kappa shape index (κ2) is 6.39. The predicted molar refractivity (Wildman–Crippen MR) is 84.5 cm³/mol. The van der Waals surface area contributed by atoms with Crippen LogP contribution in [0.2, 0.25) is 10.0 Å². The van der Waals surface area contributed by atoms with E-state index in [1.165, 1.54) is 0 Å². The minimum Gasteiger partial charge on any atom is -0.488 e. The van der Waals surface area contributed by atoms with Gasteiger partial charge in [0.05, 0.1) is 16.6 Å². The molecule has 1 fully saturated rings. The number of nitrogens with zero attached hydrogens (tertiary/aromatic N) is 4. The average molecular weight is 335 g/mol. The first kappa shape index (κ1) is 14.9. The van der Waals surface area contributed by atoms with E-state index in [0.29, 0.717) is 28.0 Å². The highest BCUT2D eigenvalue weighted by Gasteiger charge is 2.25. The number of halogens is 2. The number of hydrogen-bond donors (Lipinski definition) is 0. The van der Waals surface area contributed by atoms with E-state index < -0.39 is 0 Å². The Labute approximate surface area is 138 Å². The van der Waals surface area contributed by atoms with E-state index in [0.717, 1.165) is 18.8 Å². The van der Waals surface area contributed by atoms with Crippen LogP contribution in [0, 0.1) is 11.3 Å². The summed E-state index contributed by atoms with van der Waals surface area (Å²) >= 11 is 11.9. The highest BCUT2D eigenvalue weighted by molar-refractivity contribution is 6.42. The molecular weight excluding hydrogens is 323 g/mol. The van der Waals surface area contributed by atoms with Crippen LogP contribution in [0.3, 0.4) is 0 Å². The molecule has 0 radical (unpaired) electrons. The second-order valence-electron chi connectivity index (χ2n) is 4.94. The van der Waals surface area contributed by atoms with Gasteiger partial charge in [0.2, 0.25) is 0 Å². The van der Waals surface area contributed by atoms with Crippen LogP contribution in [-0.4, -0.2) is 29.4 Å². The number of aromatic nitrogens is 2. The average Bonchev–Trinajstić information content (AvgIpc) is 2.99. The molecule has 0 N–H and O–H groups in total. The largest absolute Gasteiger partial charge is 0.488 e. The maximum Gasteiger partial charge on any atom is 0.163 e. The number of ether oxygens (including phenoxy) is 1. The third kappa shape index (κ3) is 3.24. The van der Waals surface area contributed by atoms with Crippen LogP contribution in [0.25, 0.3) is 0 Å². The van der Waals surface area contributed by atoms with Gasteiger partial charge in [-0.05, 0) is 24.3 Å². The minimum absolute atomic E-state index is 0.0506. The molecule has 1 saturated heterocycles. The Bertz CT molecular complexity index is 714. The molecule has 1 aliphatic rings. The first-order valence-corrected chi connectivity index (χ1v) is 7.52. The number of rotatable bonds is 3. The fraction of sp³-hybridized carbons (Fsp3) is 0.267. The van der Waals surface area contributed by atoms with Crippen molar-refractivity contribution in [2.75, 3.05) is 18.0 Å². The number of hydrogen-bond acceptors (Lipinski definition) is 5. The van der Waals surface area contributed by atoms with Crippen LogP contribution in [0.15, 0.2) is 30.3 Å². The van der Waals surface area contributed by atoms with Gasteiger partial charge in [-0.2, -0.15) is 5.26 Å². The first-order valence-electron chi connectivity index (χ1n) is 6.76. The van der Waals surface area contributed by atoms with Gasteiger partial charge in [0.25, 0.3) is 0 Å². The van der Waals surface area contributed by atoms with Crippen molar-refractivity contribution in [1.82, 2.24) is 10.2 Å². The zero-order valence-corrected chi connectivity index (χ0v) is 13.1. The van der Waals surface area contributed by atoms with Gasteiger partial charge in [-0.15, -0.1) is 10.2 Å². The SMILES string of the molecule is N#Cc1ccc(N2CCC(Oc3ccc(Cl)c(Cl)c3)C2)nn1. The number of anilines is 1. The first-order chi connectivity index (χ1) is 10.7. The summed E-state index contributed by atoms with van der Waals surface area (Å²) in [5.74, 6) is 1.45. The molecule has 3 rings (SSSR count). The zero-order valence-electron chi connectivity index (χ0n) is 11.5. The molecule has 0 amide bonds. The van der Waals surface area contributed by atoms with Crippen LogP contribution >= 0.6 is 23.2 Å². The Hall–Kier alpha value is -2.03. The van der Waals surface area contributed by atoms with Crippen LogP contribution in [0.5, 0.6) is 5.75 Å². The lowest BCUT2D eigenvalue weighted by molar-refractivity contribution is 0.225. The molecule has 112 valence electrons. The molecule has 7 heteroatoms. The van der Waals surface area contributed by atoms with Crippen LogP contribution in [0.1, 0.15) is 12.1 Å². The maximum atomic E-state index is 8.74. The van der Waals surface area contributed by atoms with Gasteiger partial charge in [-0.3, -0.25) is 0 Å². The smallest absolute Gasteiger partial charge is 0.163 e. The lowest BCUT2D eigenvalue weighted by Gasteiger charge is -2.17. The van der Waals surface area contributed by atoms with Crippen molar-refractivity contribution < 1.29 is 4.74 Å². The van der Waals surface area contributed by atoms with Gasteiger partial charge in [-0.25, -0.2) is 0 Å². The Morgan fingerprint density at radius 2 is 2.05 bits per heavy atom. The highest BCUT2D eigenvalue weighted by Crippen LogP contribution is 2.28. The summed E-state index contributed by atoms with van der Waals surface area (Å²) in [6.07, 6.45) is 0.928. The van der Waals surface area contributed by atoms with Crippen molar-refractivity contribution in [2.24, 2.45) is 0 Å². The van der Waals surface area contributed by atoms with Crippen molar-refractivity contribution in [3.8, 4) is 11.8 Å². The molecule has 0 bridgehead atoms. The molecule has 0 saturated carbocycles. The van der Waals surface area contributed by atoms with Gasteiger partial charge in [0.1, 0.15) is 17.9 Å². The van der Waals surface area contributed by atoms with Crippen LogP contribution in [0.4, 0.5) is 5.82 Å². The van der Waals surface area contributed by atoms with E-state index in [1.54, 1.807) is 30.3 Å². The summed E-state index contributed by atoms with van der Waals surface area (Å²) in [5.41, 5.74) is 0.312. The van der Waals surface area contributed by atoms with E-state index >= 15 is 0 Å². The third-order valence-corrected chi connectivity index (χ3v) is 4.17. The number of nitriles is 1. The number of benzene rings is 1. The second-order valence-corrected chi connectivity index (χ2v) is 5.75. The maximum absolute atomic E-state index is 8.74. The fourth-order valence-corrected chi connectivity index (χ4v) is 2.62. The van der Waals surface area contributed by atoms with Crippen molar-refractivity contribution >= 4 is 29.0 Å². The summed E-state index contributed by atoms with van der Waals surface area (Å²) in [6, 6.07) is 10.7. The van der Waals surface area contributed by atoms with Crippen molar-refractivity contribution in [2.45, 2.75) is 12.5 Å². The van der Waals surface area contributed by atoms with Crippen molar-refractivity contribution in [3.05, 3.63) is 46.1 Å². The molecule has 1 atom stereocenters. The lowest BCUT2D eigenvalue weighted by Crippen LogP contribution is -2.25. The Morgan fingerprint density at radius 3 is 2.73 bits per heavy atom. The third-order valence-electron chi connectivity index (χ3n) is 3.43. The normalized spacial score (nSPS) is 17.3. The summed E-state index contributed by atoms with van der Waals surface area (Å²) in [6.45, 7) is 1.54. The topological polar surface area (TPSA) is 62.0 Å². The van der Waals surface area contributed by atoms with Crippen LogP contribution in [-0.2, 0) is 0 Å². The van der Waals surface area contributed by atoms with E-state index in [2.05, 4.69) is 15.1 Å². The Morgan fingerprint density at radius 1 is 1.18 bits per heavy atom. The molecule has 1 aromatic carbocycles. The van der Waals surface area contributed by atoms with Gasteiger partial charge < -0.3 is 9.64 Å². The highest BCUT2D eigenvalue weighted by atomic mass is 35.5. The van der Waals surface area contributed by atoms with Crippen molar-refractivity contribution in [3.63, 3.8) is 0 Å². The summed E-state index contributed by atoms with van der Waals surface area (Å²) in [5, 5.41) is 17.6. The van der Waals surface area contributed by atoms with E-state index in [4.69, 9.17) is 33.2 Å². The van der Waals surface area contributed by atoms with Gasteiger partial charge in [-0.1, -0.05) is 23.2 Å². The lowest BCUT2D eigenvalue weighted by atomic mass is 10.3. The summed E-state index contributed by atoms with van der Waals surface area (Å²) < 4.78 is 5.92. The molecule has 1 aromatic heterocycles. The molecule has 5 nitrogen and oxygen atoms in total. The molecule has 22 heavy (non-hydrogen) atoms. The van der Waals surface area contributed by atoms with Crippen molar-refractivity contribution in [1.29, 1.82) is 5.26 Å². The summed E-state index contributed by atoms with van der Waals surface area (Å²) in [4.78, 5) is 2.08. The molecule has 2 aromatic rings.